The number of anilines is 1. The molecule has 0 aliphatic carbocycles. The molecule has 0 spiro atoms. The Morgan fingerprint density at radius 1 is 1.15 bits per heavy atom. The first kappa shape index (κ1) is 16.7. The minimum atomic E-state index is 0.171. The van der Waals surface area contributed by atoms with Crippen LogP contribution in [0.1, 0.15) is 25.2 Å². The molecule has 3 heterocycles. The minimum Gasteiger partial charge on any atom is -0.370 e. The molecule has 26 heavy (non-hydrogen) atoms. The van der Waals surface area contributed by atoms with Crippen molar-refractivity contribution in [1.82, 2.24) is 30.1 Å². The molecule has 7 nitrogen and oxygen atoms in total. The number of aromatic nitrogens is 5. The molecule has 4 rings (SSSR count). The van der Waals surface area contributed by atoms with Crippen LogP contribution in [0.3, 0.4) is 0 Å². The quantitative estimate of drug-likeness (QED) is 0.737. The Morgan fingerprint density at radius 2 is 2.00 bits per heavy atom. The lowest BCUT2D eigenvalue weighted by Crippen LogP contribution is -2.28. The van der Waals surface area contributed by atoms with Crippen molar-refractivity contribution in [2.75, 3.05) is 25.0 Å². The number of pyridine rings is 1. The zero-order valence-electron chi connectivity index (χ0n) is 14.9. The van der Waals surface area contributed by atoms with E-state index >= 15 is 0 Å². The van der Waals surface area contributed by atoms with Crippen LogP contribution in [-0.4, -0.2) is 49.7 Å². The zero-order valence-corrected chi connectivity index (χ0v) is 14.9. The number of hydrogen-bond donors (Lipinski definition) is 1. The summed E-state index contributed by atoms with van der Waals surface area (Å²) in [5.74, 6) is 2.42. The van der Waals surface area contributed by atoms with Gasteiger partial charge >= 0.3 is 0 Å². The number of likely N-dealkylation sites (tertiary alicyclic amines) is 1. The minimum absolute atomic E-state index is 0.171. The molecule has 1 fully saturated rings. The highest BCUT2D eigenvalue weighted by molar-refractivity contribution is 5.33. The first-order valence-corrected chi connectivity index (χ1v) is 9.04. The molecule has 1 aromatic carbocycles. The number of hydrogen-bond acceptors (Lipinski definition) is 6. The molecule has 2 aromatic heterocycles. The number of tetrazole rings is 1. The largest absolute Gasteiger partial charge is 0.370 e. The molecule has 0 amide bonds. The standard InChI is InChI=1S/C19H23N7/c1-15(19-22-23-24-26(19)17-7-3-2-4-8-17)25-12-10-16(14-25)13-21-18-9-5-6-11-20-18/h2-9,11,15-16H,10,12-14H2,1H3,(H,20,21)/t15-,16-/m0/s1. The van der Waals surface area contributed by atoms with Crippen molar-refractivity contribution >= 4 is 5.82 Å². The van der Waals surface area contributed by atoms with Gasteiger partial charge in [0.1, 0.15) is 5.82 Å². The Hall–Kier alpha value is -2.80. The molecule has 2 atom stereocenters. The highest BCUT2D eigenvalue weighted by atomic mass is 15.6. The van der Waals surface area contributed by atoms with Gasteiger partial charge in [-0.3, -0.25) is 4.90 Å². The second-order valence-electron chi connectivity index (χ2n) is 6.71. The smallest absolute Gasteiger partial charge is 0.173 e. The fraction of sp³-hybridized carbons (Fsp3) is 0.368. The van der Waals surface area contributed by atoms with Crippen molar-refractivity contribution in [2.24, 2.45) is 5.92 Å². The van der Waals surface area contributed by atoms with Crippen molar-refractivity contribution in [3.63, 3.8) is 0 Å². The van der Waals surface area contributed by atoms with Crippen LogP contribution >= 0.6 is 0 Å². The monoisotopic (exact) mass is 349 g/mol. The summed E-state index contributed by atoms with van der Waals surface area (Å²) in [5.41, 5.74) is 0.993. The van der Waals surface area contributed by atoms with Gasteiger partial charge in [0.25, 0.3) is 0 Å². The van der Waals surface area contributed by atoms with Gasteiger partial charge in [-0.15, -0.1) is 5.10 Å². The molecule has 7 heteroatoms. The van der Waals surface area contributed by atoms with E-state index in [0.717, 1.165) is 43.4 Å². The van der Waals surface area contributed by atoms with E-state index in [4.69, 9.17) is 0 Å². The summed E-state index contributed by atoms with van der Waals surface area (Å²) in [7, 11) is 0. The van der Waals surface area contributed by atoms with Gasteiger partial charge in [0, 0.05) is 19.3 Å². The van der Waals surface area contributed by atoms with Crippen molar-refractivity contribution < 1.29 is 0 Å². The molecule has 0 unspecified atom stereocenters. The van der Waals surface area contributed by atoms with E-state index in [1.165, 1.54) is 0 Å². The van der Waals surface area contributed by atoms with E-state index in [1.54, 1.807) is 0 Å². The molecule has 134 valence electrons. The summed E-state index contributed by atoms with van der Waals surface area (Å²) < 4.78 is 1.84. The molecule has 0 saturated carbocycles. The van der Waals surface area contributed by atoms with Gasteiger partial charge in [-0.1, -0.05) is 24.3 Å². The van der Waals surface area contributed by atoms with E-state index in [0.29, 0.717) is 5.92 Å². The summed E-state index contributed by atoms with van der Waals surface area (Å²) in [4.78, 5) is 6.78. The van der Waals surface area contributed by atoms with Crippen LogP contribution in [0, 0.1) is 5.92 Å². The number of para-hydroxylation sites is 1. The Bertz CT molecular complexity index is 818. The predicted molar refractivity (Wildman–Crippen MR) is 100.0 cm³/mol. The van der Waals surface area contributed by atoms with Gasteiger partial charge in [-0.05, 0) is 60.5 Å². The maximum Gasteiger partial charge on any atom is 0.173 e. The summed E-state index contributed by atoms with van der Waals surface area (Å²) in [6.07, 6.45) is 2.98. The van der Waals surface area contributed by atoms with Crippen LogP contribution in [0.4, 0.5) is 5.82 Å². The van der Waals surface area contributed by atoms with Gasteiger partial charge in [-0.25, -0.2) is 4.98 Å². The first-order valence-electron chi connectivity index (χ1n) is 9.04. The molecule has 3 aromatic rings. The maximum atomic E-state index is 4.33. The molecule has 0 bridgehead atoms. The second kappa shape index (κ2) is 7.61. The van der Waals surface area contributed by atoms with Crippen molar-refractivity contribution in [3.05, 3.63) is 60.6 Å². The summed E-state index contributed by atoms with van der Waals surface area (Å²) in [6, 6.07) is 16.2. The topological polar surface area (TPSA) is 71.8 Å². The SMILES string of the molecule is C[C@@H](c1nnnn1-c1ccccc1)N1CC[C@@H](CNc2ccccn2)C1. The summed E-state index contributed by atoms with van der Waals surface area (Å²) in [5, 5.41) is 15.8. The van der Waals surface area contributed by atoms with Crippen LogP contribution in [-0.2, 0) is 0 Å². The first-order chi connectivity index (χ1) is 12.8. The Morgan fingerprint density at radius 3 is 2.81 bits per heavy atom. The van der Waals surface area contributed by atoms with Crippen molar-refractivity contribution in [3.8, 4) is 5.69 Å². The molecule has 1 N–H and O–H groups in total. The highest BCUT2D eigenvalue weighted by Crippen LogP contribution is 2.27. The van der Waals surface area contributed by atoms with E-state index in [-0.39, 0.29) is 6.04 Å². The van der Waals surface area contributed by atoms with Gasteiger partial charge in [-0.2, -0.15) is 4.68 Å². The lowest BCUT2D eigenvalue weighted by molar-refractivity contribution is 0.242. The van der Waals surface area contributed by atoms with Gasteiger partial charge in [0.15, 0.2) is 5.82 Å². The van der Waals surface area contributed by atoms with Crippen LogP contribution < -0.4 is 5.32 Å². The normalized spacial score (nSPS) is 18.7. The van der Waals surface area contributed by atoms with Crippen LogP contribution in [0.2, 0.25) is 0 Å². The van der Waals surface area contributed by atoms with Gasteiger partial charge in [0.05, 0.1) is 11.7 Å². The Balaban J connectivity index is 1.39. The third-order valence-corrected chi connectivity index (χ3v) is 4.97. The predicted octanol–water partition coefficient (Wildman–Crippen LogP) is 2.55. The zero-order chi connectivity index (χ0) is 17.8. The molecule has 1 aliphatic rings. The molecular weight excluding hydrogens is 326 g/mol. The van der Waals surface area contributed by atoms with Crippen LogP contribution in [0.5, 0.6) is 0 Å². The molecule has 1 aliphatic heterocycles. The Kier molecular flexibility index (Phi) is 4.88. The van der Waals surface area contributed by atoms with Crippen LogP contribution in [0.15, 0.2) is 54.7 Å². The van der Waals surface area contributed by atoms with Crippen molar-refractivity contribution in [2.45, 2.75) is 19.4 Å². The number of nitrogens with one attached hydrogen (secondary N) is 1. The lowest BCUT2D eigenvalue weighted by Gasteiger charge is -2.23. The van der Waals surface area contributed by atoms with E-state index in [9.17, 15) is 0 Å². The van der Waals surface area contributed by atoms with E-state index in [1.807, 2.05) is 59.4 Å². The fourth-order valence-corrected chi connectivity index (χ4v) is 3.47. The average molecular weight is 349 g/mol. The lowest BCUT2D eigenvalue weighted by atomic mass is 10.1. The van der Waals surface area contributed by atoms with Gasteiger partial charge in [0.2, 0.25) is 0 Å². The third kappa shape index (κ3) is 3.57. The number of rotatable bonds is 6. The molecule has 0 radical (unpaired) electrons. The van der Waals surface area contributed by atoms with Crippen LogP contribution in [0.25, 0.3) is 5.69 Å². The number of benzene rings is 1. The second-order valence-corrected chi connectivity index (χ2v) is 6.71. The number of nitrogens with zero attached hydrogens (tertiary/aromatic N) is 6. The van der Waals surface area contributed by atoms with E-state index in [2.05, 4.69) is 37.6 Å². The average Bonchev–Trinajstić information content (AvgIpc) is 3.37. The molecule has 1 saturated heterocycles. The van der Waals surface area contributed by atoms with Gasteiger partial charge < -0.3 is 5.32 Å². The Labute approximate surface area is 153 Å². The highest BCUT2D eigenvalue weighted by Gasteiger charge is 2.29. The molecular formula is C19H23N7. The van der Waals surface area contributed by atoms with E-state index < -0.39 is 0 Å². The third-order valence-electron chi connectivity index (χ3n) is 4.97. The maximum absolute atomic E-state index is 4.33. The fourth-order valence-electron chi connectivity index (χ4n) is 3.47. The summed E-state index contributed by atoms with van der Waals surface area (Å²) in [6.45, 7) is 5.20. The summed E-state index contributed by atoms with van der Waals surface area (Å²) >= 11 is 0. The van der Waals surface area contributed by atoms with Crippen molar-refractivity contribution in [1.29, 1.82) is 0 Å².